The number of rotatable bonds is 4. The van der Waals surface area contributed by atoms with Gasteiger partial charge >= 0.3 is 5.97 Å². The van der Waals surface area contributed by atoms with Crippen LogP contribution < -0.4 is 5.73 Å². The molecule has 4 nitrogen and oxygen atoms in total. The quantitative estimate of drug-likeness (QED) is 0.378. The molecule has 0 fully saturated rings. The first-order valence-corrected chi connectivity index (χ1v) is 5.20. The van der Waals surface area contributed by atoms with Crippen molar-refractivity contribution in [3.05, 3.63) is 29.3 Å². The maximum Gasteiger partial charge on any atom is 0.337 e. The predicted molar refractivity (Wildman–Crippen MR) is 61.9 cm³/mol. The molecule has 0 saturated heterocycles. The van der Waals surface area contributed by atoms with Gasteiger partial charge in [0.1, 0.15) is 0 Å². The molecule has 1 aromatic rings. The van der Waals surface area contributed by atoms with Crippen LogP contribution in [0.3, 0.4) is 0 Å². The van der Waals surface area contributed by atoms with E-state index in [0.717, 1.165) is 0 Å². The Morgan fingerprint density at radius 2 is 2.12 bits per heavy atom. The molecule has 0 bridgehead atoms. The van der Waals surface area contributed by atoms with E-state index in [1.165, 1.54) is 25.3 Å². The lowest BCUT2D eigenvalue weighted by atomic mass is 10.0. The van der Waals surface area contributed by atoms with Gasteiger partial charge in [-0.2, -0.15) is 0 Å². The second-order valence-corrected chi connectivity index (χ2v) is 3.53. The minimum atomic E-state index is -0.500. The highest BCUT2D eigenvalue weighted by Crippen LogP contribution is 2.17. The number of nitrogens with two attached hydrogens (primary N) is 1. The summed E-state index contributed by atoms with van der Waals surface area (Å²) in [5.74, 6) is -0.459. The molecule has 0 heterocycles. The molecule has 0 aliphatic heterocycles. The van der Waals surface area contributed by atoms with Crippen molar-refractivity contribution in [1.29, 1.82) is 0 Å². The van der Waals surface area contributed by atoms with Crippen molar-refractivity contribution in [2.45, 2.75) is 6.42 Å². The Hall–Kier alpha value is -1.55. The van der Waals surface area contributed by atoms with Crippen LogP contribution in [0.4, 0.5) is 5.69 Å². The summed E-state index contributed by atoms with van der Waals surface area (Å²) in [6.07, 6.45) is 0.191. The highest BCUT2D eigenvalue weighted by molar-refractivity contribution is 6.20. The van der Waals surface area contributed by atoms with E-state index in [-0.39, 0.29) is 18.1 Å². The van der Waals surface area contributed by atoms with Gasteiger partial charge in [-0.15, -0.1) is 11.6 Å². The summed E-state index contributed by atoms with van der Waals surface area (Å²) in [5.41, 5.74) is 6.59. The van der Waals surface area contributed by atoms with Gasteiger partial charge in [-0.05, 0) is 18.2 Å². The molecule has 0 atom stereocenters. The third-order valence-corrected chi connectivity index (χ3v) is 2.29. The lowest BCUT2D eigenvalue weighted by Gasteiger charge is -2.06. The fourth-order valence-electron chi connectivity index (χ4n) is 1.26. The molecule has 0 unspecified atom stereocenters. The molecule has 0 spiro atoms. The zero-order chi connectivity index (χ0) is 12.1. The first-order chi connectivity index (χ1) is 7.60. The van der Waals surface area contributed by atoms with Crippen molar-refractivity contribution in [3.8, 4) is 0 Å². The number of esters is 1. The highest BCUT2D eigenvalue weighted by Gasteiger charge is 2.13. The number of methoxy groups -OCH3 is 1. The highest BCUT2D eigenvalue weighted by atomic mass is 35.5. The number of anilines is 1. The molecule has 1 rings (SSSR count). The fraction of sp³-hybridized carbons (Fsp3) is 0.273. The molecular weight excluding hydrogens is 230 g/mol. The molecule has 5 heteroatoms. The topological polar surface area (TPSA) is 69.4 Å². The summed E-state index contributed by atoms with van der Waals surface area (Å²) in [6.45, 7) is 0. The molecule has 86 valence electrons. The van der Waals surface area contributed by atoms with E-state index in [9.17, 15) is 9.59 Å². The van der Waals surface area contributed by atoms with Gasteiger partial charge in [0.2, 0.25) is 0 Å². The Kier molecular flexibility index (Phi) is 4.31. The summed E-state index contributed by atoms with van der Waals surface area (Å²) in [6, 6.07) is 4.45. The zero-order valence-electron chi connectivity index (χ0n) is 8.83. The van der Waals surface area contributed by atoms with E-state index in [2.05, 4.69) is 4.74 Å². The fourth-order valence-corrected chi connectivity index (χ4v) is 1.43. The van der Waals surface area contributed by atoms with Gasteiger partial charge in [-0.3, -0.25) is 4.79 Å². The number of ether oxygens (including phenoxy) is 1. The van der Waals surface area contributed by atoms with Crippen molar-refractivity contribution in [1.82, 2.24) is 0 Å². The Labute approximate surface area is 98.3 Å². The van der Waals surface area contributed by atoms with Gasteiger partial charge in [-0.1, -0.05) is 0 Å². The van der Waals surface area contributed by atoms with E-state index in [4.69, 9.17) is 17.3 Å². The minimum absolute atomic E-state index is 0.182. The van der Waals surface area contributed by atoms with Crippen LogP contribution in [-0.2, 0) is 4.74 Å². The number of carbonyl (C=O) groups excluding carboxylic acids is 2. The molecule has 0 aliphatic carbocycles. The number of hydrogen-bond acceptors (Lipinski definition) is 4. The second kappa shape index (κ2) is 5.51. The summed E-state index contributed by atoms with van der Waals surface area (Å²) in [4.78, 5) is 22.9. The molecule has 16 heavy (non-hydrogen) atoms. The molecule has 0 aliphatic rings. The number of ketones is 1. The molecule has 0 saturated carbocycles. The number of carbonyl (C=O) groups is 2. The van der Waals surface area contributed by atoms with Crippen molar-refractivity contribution in [2.75, 3.05) is 18.7 Å². The predicted octanol–water partition coefficient (Wildman–Crippen LogP) is 1.87. The zero-order valence-corrected chi connectivity index (χ0v) is 9.58. The number of hydrogen-bond donors (Lipinski definition) is 1. The van der Waals surface area contributed by atoms with Crippen molar-refractivity contribution >= 4 is 29.0 Å². The molecule has 2 N–H and O–H groups in total. The summed E-state index contributed by atoms with van der Waals surface area (Å²) < 4.78 is 4.55. The van der Waals surface area contributed by atoms with Crippen LogP contribution in [0.1, 0.15) is 27.1 Å². The first-order valence-electron chi connectivity index (χ1n) is 4.67. The molecule has 0 aromatic heterocycles. The Morgan fingerprint density at radius 3 is 2.69 bits per heavy atom. The van der Waals surface area contributed by atoms with E-state index >= 15 is 0 Å². The number of benzene rings is 1. The standard InChI is InChI=1S/C11H12ClNO3/c1-16-11(15)7-2-3-9(13)8(6-7)10(14)4-5-12/h2-3,6H,4-5,13H2,1H3. The van der Waals surface area contributed by atoms with Gasteiger partial charge in [0.25, 0.3) is 0 Å². The molecule has 0 radical (unpaired) electrons. The van der Waals surface area contributed by atoms with Crippen LogP contribution in [0.25, 0.3) is 0 Å². The van der Waals surface area contributed by atoms with Crippen LogP contribution in [0.2, 0.25) is 0 Å². The second-order valence-electron chi connectivity index (χ2n) is 3.16. The van der Waals surface area contributed by atoms with Crippen LogP contribution in [0.15, 0.2) is 18.2 Å². The Balaban J connectivity index is 3.08. The van der Waals surface area contributed by atoms with Crippen LogP contribution >= 0.6 is 11.6 Å². The summed E-state index contributed by atoms with van der Waals surface area (Å²) in [7, 11) is 1.28. The minimum Gasteiger partial charge on any atom is -0.465 e. The Bertz CT molecular complexity index is 418. The van der Waals surface area contributed by atoms with Crippen LogP contribution in [0, 0.1) is 0 Å². The van der Waals surface area contributed by atoms with Crippen LogP contribution in [-0.4, -0.2) is 24.7 Å². The molecule has 1 aromatic carbocycles. The van der Waals surface area contributed by atoms with Crippen LogP contribution in [0.5, 0.6) is 0 Å². The number of Topliss-reactive ketones (excluding diaryl/α,β-unsaturated/α-hetero) is 1. The van der Waals surface area contributed by atoms with Gasteiger partial charge in [0.05, 0.1) is 12.7 Å². The van der Waals surface area contributed by atoms with Crippen molar-refractivity contribution in [2.24, 2.45) is 0 Å². The average Bonchev–Trinajstić information content (AvgIpc) is 2.29. The normalized spacial score (nSPS) is 9.88. The maximum atomic E-state index is 11.6. The first kappa shape index (κ1) is 12.5. The third-order valence-electron chi connectivity index (χ3n) is 2.10. The van der Waals surface area contributed by atoms with Crippen molar-refractivity contribution < 1.29 is 14.3 Å². The number of alkyl halides is 1. The SMILES string of the molecule is COC(=O)c1ccc(N)c(C(=O)CCCl)c1. The largest absolute Gasteiger partial charge is 0.465 e. The smallest absolute Gasteiger partial charge is 0.337 e. The molecule has 0 amide bonds. The van der Waals surface area contributed by atoms with Crippen molar-refractivity contribution in [3.63, 3.8) is 0 Å². The van der Waals surface area contributed by atoms with Gasteiger partial charge in [0, 0.05) is 23.6 Å². The van der Waals surface area contributed by atoms with E-state index in [0.29, 0.717) is 16.8 Å². The molecular formula is C11H12ClNO3. The lowest BCUT2D eigenvalue weighted by molar-refractivity contribution is 0.0601. The van der Waals surface area contributed by atoms with Gasteiger partial charge < -0.3 is 10.5 Å². The lowest BCUT2D eigenvalue weighted by Crippen LogP contribution is -2.08. The monoisotopic (exact) mass is 241 g/mol. The summed E-state index contributed by atoms with van der Waals surface area (Å²) in [5, 5.41) is 0. The number of nitrogen functional groups attached to an aromatic ring is 1. The Morgan fingerprint density at radius 1 is 1.44 bits per heavy atom. The third kappa shape index (κ3) is 2.73. The van der Waals surface area contributed by atoms with Gasteiger partial charge in [0.15, 0.2) is 5.78 Å². The van der Waals surface area contributed by atoms with E-state index < -0.39 is 5.97 Å². The van der Waals surface area contributed by atoms with E-state index in [1.54, 1.807) is 0 Å². The number of halogens is 1. The van der Waals surface area contributed by atoms with Gasteiger partial charge in [-0.25, -0.2) is 4.79 Å². The van der Waals surface area contributed by atoms with E-state index in [1.807, 2.05) is 0 Å². The average molecular weight is 242 g/mol. The maximum absolute atomic E-state index is 11.6. The summed E-state index contributed by atoms with van der Waals surface area (Å²) >= 11 is 5.47.